The Kier molecular flexibility index (Phi) is 3.04. The molecule has 0 spiro atoms. The summed E-state index contributed by atoms with van der Waals surface area (Å²) in [6.07, 6.45) is 4.84. The Bertz CT molecular complexity index is 549. The number of nitrogens with zero attached hydrogens (tertiary/aromatic N) is 2. The Morgan fingerprint density at radius 2 is 2.11 bits per heavy atom. The average molecular weight is 245 g/mol. The second-order valence-electron chi connectivity index (χ2n) is 5.21. The normalized spacial score (nSPS) is 24.6. The standard InChI is InChI=1S/C14H19N3O/c1-9-6-7-12-13(16-9)17-14(18-12)11-5-3-2-4-10(11)8-15/h6-7,10-11H,2-5,8,15H2,1H3. The Balaban J connectivity index is 1.97. The van der Waals surface area contributed by atoms with Gasteiger partial charge in [0.1, 0.15) is 0 Å². The van der Waals surface area contributed by atoms with E-state index in [-0.39, 0.29) is 0 Å². The van der Waals surface area contributed by atoms with Gasteiger partial charge in [0.15, 0.2) is 17.1 Å². The van der Waals surface area contributed by atoms with Crippen LogP contribution in [0.2, 0.25) is 0 Å². The van der Waals surface area contributed by atoms with Crippen LogP contribution in [0.5, 0.6) is 0 Å². The van der Waals surface area contributed by atoms with Gasteiger partial charge in [-0.1, -0.05) is 12.8 Å². The van der Waals surface area contributed by atoms with Crippen molar-refractivity contribution in [2.75, 3.05) is 6.54 Å². The summed E-state index contributed by atoms with van der Waals surface area (Å²) in [7, 11) is 0. The Hall–Kier alpha value is -1.42. The van der Waals surface area contributed by atoms with E-state index in [1.54, 1.807) is 0 Å². The predicted molar refractivity (Wildman–Crippen MR) is 70.3 cm³/mol. The van der Waals surface area contributed by atoms with Gasteiger partial charge in [-0.15, -0.1) is 0 Å². The summed E-state index contributed by atoms with van der Waals surface area (Å²) in [6, 6.07) is 3.91. The summed E-state index contributed by atoms with van der Waals surface area (Å²) in [5, 5.41) is 0. The molecule has 1 aliphatic carbocycles. The molecule has 2 N–H and O–H groups in total. The zero-order chi connectivity index (χ0) is 12.5. The van der Waals surface area contributed by atoms with Crippen LogP contribution in [0.3, 0.4) is 0 Å². The molecule has 0 radical (unpaired) electrons. The average Bonchev–Trinajstić information content (AvgIpc) is 2.81. The fourth-order valence-electron chi connectivity index (χ4n) is 2.90. The molecule has 96 valence electrons. The monoisotopic (exact) mass is 245 g/mol. The third-order valence-electron chi connectivity index (χ3n) is 3.94. The van der Waals surface area contributed by atoms with Gasteiger partial charge in [0, 0.05) is 11.6 Å². The number of rotatable bonds is 2. The van der Waals surface area contributed by atoms with E-state index in [9.17, 15) is 0 Å². The number of oxazole rings is 1. The quantitative estimate of drug-likeness (QED) is 0.883. The fourth-order valence-corrected chi connectivity index (χ4v) is 2.90. The number of fused-ring (bicyclic) bond motifs is 1. The summed E-state index contributed by atoms with van der Waals surface area (Å²) in [5.74, 6) is 1.71. The number of aryl methyl sites for hydroxylation is 1. The lowest BCUT2D eigenvalue weighted by atomic mass is 9.79. The zero-order valence-electron chi connectivity index (χ0n) is 10.7. The molecule has 18 heavy (non-hydrogen) atoms. The van der Waals surface area contributed by atoms with Crippen LogP contribution < -0.4 is 5.73 Å². The van der Waals surface area contributed by atoms with Gasteiger partial charge >= 0.3 is 0 Å². The topological polar surface area (TPSA) is 64.9 Å². The van der Waals surface area contributed by atoms with Crippen LogP contribution >= 0.6 is 0 Å². The molecule has 0 aromatic carbocycles. The SMILES string of the molecule is Cc1ccc2oc(C3CCCCC3CN)nc2n1. The van der Waals surface area contributed by atoms with E-state index in [2.05, 4.69) is 9.97 Å². The first-order valence-corrected chi connectivity index (χ1v) is 6.72. The first kappa shape index (κ1) is 11.7. The van der Waals surface area contributed by atoms with Gasteiger partial charge in [0.2, 0.25) is 0 Å². The van der Waals surface area contributed by atoms with Gasteiger partial charge in [0.25, 0.3) is 0 Å². The summed E-state index contributed by atoms with van der Waals surface area (Å²) in [6.45, 7) is 2.69. The van der Waals surface area contributed by atoms with E-state index in [4.69, 9.17) is 10.2 Å². The van der Waals surface area contributed by atoms with Crippen molar-refractivity contribution >= 4 is 11.2 Å². The van der Waals surface area contributed by atoms with Crippen molar-refractivity contribution in [3.8, 4) is 0 Å². The minimum atomic E-state index is 0.373. The smallest absolute Gasteiger partial charge is 0.200 e. The van der Waals surface area contributed by atoms with Crippen LogP contribution in [-0.2, 0) is 0 Å². The van der Waals surface area contributed by atoms with Gasteiger partial charge in [-0.2, -0.15) is 4.98 Å². The van der Waals surface area contributed by atoms with Gasteiger partial charge in [-0.3, -0.25) is 0 Å². The number of pyridine rings is 1. The molecule has 4 heteroatoms. The molecule has 2 aromatic heterocycles. The molecule has 4 nitrogen and oxygen atoms in total. The van der Waals surface area contributed by atoms with Gasteiger partial charge in [-0.25, -0.2) is 4.98 Å². The molecular formula is C14H19N3O. The molecule has 1 fully saturated rings. The maximum Gasteiger partial charge on any atom is 0.200 e. The minimum absolute atomic E-state index is 0.373. The van der Waals surface area contributed by atoms with Crippen LogP contribution in [0, 0.1) is 12.8 Å². The van der Waals surface area contributed by atoms with Crippen molar-refractivity contribution in [3.63, 3.8) is 0 Å². The van der Waals surface area contributed by atoms with E-state index in [0.29, 0.717) is 11.8 Å². The summed E-state index contributed by atoms with van der Waals surface area (Å²) >= 11 is 0. The molecule has 2 heterocycles. The van der Waals surface area contributed by atoms with Gasteiger partial charge in [0.05, 0.1) is 0 Å². The van der Waals surface area contributed by atoms with Crippen LogP contribution in [0.15, 0.2) is 16.5 Å². The molecule has 2 aromatic rings. The maximum atomic E-state index is 5.87. The zero-order valence-corrected chi connectivity index (χ0v) is 10.7. The molecule has 0 aliphatic heterocycles. The Morgan fingerprint density at radius 3 is 2.94 bits per heavy atom. The van der Waals surface area contributed by atoms with E-state index >= 15 is 0 Å². The molecule has 1 aliphatic rings. The largest absolute Gasteiger partial charge is 0.439 e. The summed E-state index contributed by atoms with van der Waals surface area (Å²) in [5.41, 5.74) is 8.35. The number of nitrogens with two attached hydrogens (primary N) is 1. The van der Waals surface area contributed by atoms with Crippen molar-refractivity contribution in [1.82, 2.24) is 9.97 Å². The van der Waals surface area contributed by atoms with Crippen LogP contribution in [0.4, 0.5) is 0 Å². The lowest BCUT2D eigenvalue weighted by Crippen LogP contribution is -2.25. The molecule has 2 unspecified atom stereocenters. The molecular weight excluding hydrogens is 226 g/mol. The van der Waals surface area contributed by atoms with Crippen LogP contribution in [-0.4, -0.2) is 16.5 Å². The van der Waals surface area contributed by atoms with Crippen molar-refractivity contribution in [3.05, 3.63) is 23.7 Å². The van der Waals surface area contributed by atoms with Crippen molar-refractivity contribution in [2.45, 2.75) is 38.5 Å². The van der Waals surface area contributed by atoms with Crippen molar-refractivity contribution < 1.29 is 4.42 Å². The highest BCUT2D eigenvalue weighted by atomic mass is 16.3. The minimum Gasteiger partial charge on any atom is -0.439 e. The summed E-state index contributed by atoms with van der Waals surface area (Å²) < 4.78 is 5.87. The molecule has 2 atom stereocenters. The predicted octanol–water partition coefficient (Wildman–Crippen LogP) is 2.76. The Morgan fingerprint density at radius 1 is 1.28 bits per heavy atom. The van der Waals surface area contributed by atoms with Crippen molar-refractivity contribution in [2.24, 2.45) is 11.7 Å². The van der Waals surface area contributed by atoms with Crippen LogP contribution in [0.1, 0.15) is 43.2 Å². The number of hydrogen-bond acceptors (Lipinski definition) is 4. The molecule has 0 amide bonds. The van der Waals surface area contributed by atoms with Crippen molar-refractivity contribution in [1.29, 1.82) is 0 Å². The highest BCUT2D eigenvalue weighted by molar-refractivity contribution is 5.67. The number of aromatic nitrogens is 2. The molecule has 1 saturated carbocycles. The first-order chi connectivity index (χ1) is 8.78. The van der Waals surface area contributed by atoms with E-state index in [1.165, 1.54) is 19.3 Å². The number of hydrogen-bond donors (Lipinski definition) is 1. The van der Waals surface area contributed by atoms with Gasteiger partial charge < -0.3 is 10.2 Å². The van der Waals surface area contributed by atoms with E-state index in [1.807, 2.05) is 19.1 Å². The highest BCUT2D eigenvalue weighted by Gasteiger charge is 2.29. The molecule has 3 rings (SSSR count). The maximum absolute atomic E-state index is 5.87. The third-order valence-corrected chi connectivity index (χ3v) is 3.94. The van der Waals surface area contributed by atoms with Gasteiger partial charge in [-0.05, 0) is 44.4 Å². The second kappa shape index (κ2) is 4.69. The lowest BCUT2D eigenvalue weighted by Gasteiger charge is -2.27. The van der Waals surface area contributed by atoms with E-state index < -0.39 is 0 Å². The molecule has 0 bridgehead atoms. The van der Waals surface area contributed by atoms with E-state index in [0.717, 1.165) is 35.8 Å². The fraction of sp³-hybridized carbons (Fsp3) is 0.571. The lowest BCUT2D eigenvalue weighted by molar-refractivity contribution is 0.275. The Labute approximate surface area is 107 Å². The summed E-state index contributed by atoms with van der Waals surface area (Å²) in [4.78, 5) is 8.97. The highest BCUT2D eigenvalue weighted by Crippen LogP contribution is 2.37. The molecule has 0 saturated heterocycles. The second-order valence-corrected chi connectivity index (χ2v) is 5.21. The first-order valence-electron chi connectivity index (χ1n) is 6.72. The van der Waals surface area contributed by atoms with Crippen LogP contribution in [0.25, 0.3) is 11.2 Å². The third kappa shape index (κ3) is 2.01.